The number of sulfonamides is 1. The molecule has 1 N–H and O–H groups in total. The molecule has 2 aromatic rings. The van der Waals surface area contributed by atoms with Gasteiger partial charge < -0.3 is 13.7 Å². The van der Waals surface area contributed by atoms with Crippen LogP contribution in [0.3, 0.4) is 0 Å². The van der Waals surface area contributed by atoms with Crippen LogP contribution in [0.2, 0.25) is 0 Å². The molecule has 0 amide bonds. The highest BCUT2D eigenvalue weighted by atomic mass is 32.2. The second kappa shape index (κ2) is 8.83. The topological polar surface area (TPSA) is 116 Å². The molecule has 1 atom stereocenters. The second-order valence-corrected chi connectivity index (χ2v) is 10.3. The quantitative estimate of drug-likeness (QED) is 0.355. The number of nitrogens with one attached hydrogen (secondary N) is 1. The van der Waals surface area contributed by atoms with Crippen LogP contribution in [0, 0.1) is 0 Å². The summed E-state index contributed by atoms with van der Waals surface area (Å²) in [5, 5.41) is 3.54. The highest BCUT2D eigenvalue weighted by Gasteiger charge is 2.43. The Balaban J connectivity index is 2.17. The van der Waals surface area contributed by atoms with E-state index in [0.717, 1.165) is 11.3 Å². The van der Waals surface area contributed by atoms with Gasteiger partial charge in [0.25, 0.3) is 10.0 Å². The highest BCUT2D eigenvalue weighted by molar-refractivity contribution is 7.91. The molecular weight excluding hydrogens is 451 g/mol. The van der Waals surface area contributed by atoms with E-state index in [2.05, 4.69) is 14.6 Å². The number of hydrogen-bond donors (Lipinski definition) is 1. The molecule has 0 radical (unpaired) electrons. The Morgan fingerprint density at radius 2 is 1.93 bits per heavy atom. The standard InChI is InChI=1S/C16H19F3N3O6S2/c1-22(2,3)9-10(8-13(23)27-15(24)16(17,18)19)21-30(25,26)14-5-4-12(29-14)11-6-7-20-28-11/h4-7,10,21H,8-9H2,1-3H3/q+1/t10-/m1/s1. The van der Waals surface area contributed by atoms with Gasteiger partial charge in [-0.3, -0.25) is 4.79 Å². The molecule has 0 spiro atoms. The Morgan fingerprint density at radius 3 is 2.47 bits per heavy atom. The zero-order chi connectivity index (χ0) is 22.7. The lowest BCUT2D eigenvalue weighted by molar-refractivity contribution is -0.871. The summed E-state index contributed by atoms with van der Waals surface area (Å²) in [5.41, 5.74) is 0. The summed E-state index contributed by atoms with van der Waals surface area (Å²) >= 11 is 0.882. The van der Waals surface area contributed by atoms with Crippen molar-refractivity contribution in [3.63, 3.8) is 0 Å². The average molecular weight is 470 g/mol. The van der Waals surface area contributed by atoms with E-state index in [-0.39, 0.29) is 15.2 Å². The molecule has 2 aromatic heterocycles. The van der Waals surface area contributed by atoms with Crippen molar-refractivity contribution in [2.75, 3.05) is 27.7 Å². The van der Waals surface area contributed by atoms with E-state index in [9.17, 15) is 31.2 Å². The summed E-state index contributed by atoms with van der Waals surface area (Å²) < 4.78 is 73.4. The van der Waals surface area contributed by atoms with E-state index in [4.69, 9.17) is 4.52 Å². The summed E-state index contributed by atoms with van der Waals surface area (Å²) in [6.45, 7) is 0.0366. The summed E-state index contributed by atoms with van der Waals surface area (Å²) in [6.07, 6.45) is -4.71. The first kappa shape index (κ1) is 24.0. The van der Waals surface area contributed by atoms with Gasteiger partial charge in [0.05, 0.1) is 51.2 Å². The van der Waals surface area contributed by atoms with Gasteiger partial charge in [0, 0.05) is 6.07 Å². The van der Waals surface area contributed by atoms with Crippen molar-refractivity contribution in [1.29, 1.82) is 0 Å². The van der Waals surface area contributed by atoms with Crippen molar-refractivity contribution >= 4 is 33.3 Å². The lowest BCUT2D eigenvalue weighted by Gasteiger charge is -2.29. The molecule has 0 saturated heterocycles. The molecule has 0 fully saturated rings. The molecule has 0 aliphatic rings. The van der Waals surface area contributed by atoms with Gasteiger partial charge in [0.1, 0.15) is 4.21 Å². The Hall–Kier alpha value is -2.29. The third-order valence-corrected chi connectivity index (χ3v) is 6.58. The molecule has 2 heterocycles. The maximum atomic E-state index is 12.7. The molecule has 0 aliphatic carbocycles. The minimum Gasteiger partial charge on any atom is -0.386 e. The number of rotatable bonds is 8. The van der Waals surface area contributed by atoms with E-state index in [1.165, 1.54) is 18.3 Å². The van der Waals surface area contributed by atoms with Crippen molar-refractivity contribution in [1.82, 2.24) is 9.88 Å². The zero-order valence-electron chi connectivity index (χ0n) is 16.1. The number of carbonyl (C=O) groups excluding carboxylic acids is 2. The number of hydrogen-bond acceptors (Lipinski definition) is 8. The van der Waals surface area contributed by atoms with E-state index in [1.54, 1.807) is 27.2 Å². The van der Waals surface area contributed by atoms with Gasteiger partial charge in [-0.2, -0.15) is 13.2 Å². The van der Waals surface area contributed by atoms with Gasteiger partial charge >= 0.3 is 18.1 Å². The van der Waals surface area contributed by atoms with Gasteiger partial charge in [-0.25, -0.2) is 17.9 Å². The third kappa shape index (κ3) is 6.90. The summed E-state index contributed by atoms with van der Waals surface area (Å²) in [6, 6.07) is 3.24. The van der Waals surface area contributed by atoms with Crippen LogP contribution in [0.4, 0.5) is 13.2 Å². The summed E-state index contributed by atoms with van der Waals surface area (Å²) in [5.74, 6) is -3.79. The molecule has 14 heteroatoms. The normalized spacial score (nSPS) is 13.8. The first-order chi connectivity index (χ1) is 13.7. The van der Waals surface area contributed by atoms with Crippen molar-refractivity contribution in [3.8, 4) is 10.6 Å². The minimum absolute atomic E-state index is 0.0366. The lowest BCUT2D eigenvalue weighted by Crippen LogP contribution is -2.49. The SMILES string of the molecule is C[N+](C)(C)C[C@@H](CC(=O)OC(=O)C(F)(F)F)NS(=O)(=O)c1ccc(-c2ccno2)s1. The fourth-order valence-corrected chi connectivity index (χ4v) is 4.93. The van der Waals surface area contributed by atoms with E-state index in [0.29, 0.717) is 10.6 Å². The molecule has 0 saturated carbocycles. The number of ether oxygens (including phenoxy) is 1. The Bertz CT molecular complexity index is 994. The van der Waals surface area contributed by atoms with Crippen LogP contribution in [0.15, 0.2) is 33.1 Å². The zero-order valence-corrected chi connectivity index (χ0v) is 17.7. The number of likely N-dealkylation sites (N-methyl/N-ethyl adjacent to an activating group) is 1. The molecular formula is C16H19F3N3O6S2+. The molecule has 9 nitrogen and oxygen atoms in total. The molecule has 0 unspecified atom stereocenters. The van der Waals surface area contributed by atoms with Crippen LogP contribution in [0.25, 0.3) is 10.6 Å². The van der Waals surface area contributed by atoms with Crippen LogP contribution in [0.5, 0.6) is 0 Å². The number of halogens is 3. The largest absolute Gasteiger partial charge is 0.491 e. The number of carbonyl (C=O) groups is 2. The van der Waals surface area contributed by atoms with E-state index in [1.807, 2.05) is 0 Å². The van der Waals surface area contributed by atoms with Gasteiger partial charge in [-0.15, -0.1) is 11.3 Å². The second-order valence-electron chi connectivity index (χ2n) is 7.25. The Morgan fingerprint density at radius 1 is 1.27 bits per heavy atom. The number of aromatic nitrogens is 1. The maximum absolute atomic E-state index is 12.7. The fraction of sp³-hybridized carbons (Fsp3) is 0.438. The summed E-state index contributed by atoms with van der Waals surface area (Å²) in [4.78, 5) is 23.1. The number of nitrogens with zero attached hydrogens (tertiary/aromatic N) is 2. The predicted molar refractivity (Wildman–Crippen MR) is 98.6 cm³/mol. The lowest BCUT2D eigenvalue weighted by atomic mass is 10.2. The van der Waals surface area contributed by atoms with Crippen molar-refractivity contribution in [3.05, 3.63) is 24.4 Å². The van der Waals surface area contributed by atoms with Crippen molar-refractivity contribution in [2.24, 2.45) is 0 Å². The fourth-order valence-electron chi connectivity index (χ4n) is 2.43. The van der Waals surface area contributed by atoms with Gasteiger partial charge in [-0.05, 0) is 12.1 Å². The molecule has 0 bridgehead atoms. The van der Waals surface area contributed by atoms with Crippen LogP contribution in [0.1, 0.15) is 6.42 Å². The van der Waals surface area contributed by atoms with Gasteiger partial charge in [0.2, 0.25) is 0 Å². The maximum Gasteiger partial charge on any atom is 0.491 e. The minimum atomic E-state index is -5.33. The first-order valence-corrected chi connectivity index (χ1v) is 10.6. The van der Waals surface area contributed by atoms with Crippen LogP contribution in [-0.4, -0.2) is 69.9 Å². The summed E-state index contributed by atoms with van der Waals surface area (Å²) in [7, 11) is 0.962. The molecule has 0 aromatic carbocycles. The van der Waals surface area contributed by atoms with E-state index >= 15 is 0 Å². The molecule has 166 valence electrons. The monoisotopic (exact) mass is 470 g/mol. The molecule has 30 heavy (non-hydrogen) atoms. The van der Waals surface area contributed by atoms with E-state index < -0.39 is 40.6 Å². The Kier molecular flexibility index (Phi) is 7.06. The molecule has 2 rings (SSSR count). The predicted octanol–water partition coefficient (Wildman–Crippen LogP) is 1.78. The molecule has 0 aliphatic heterocycles. The van der Waals surface area contributed by atoms with Gasteiger partial charge in [-0.1, -0.05) is 5.16 Å². The average Bonchev–Trinajstić information content (AvgIpc) is 3.23. The van der Waals surface area contributed by atoms with Crippen LogP contribution >= 0.6 is 11.3 Å². The third-order valence-electron chi connectivity index (χ3n) is 3.47. The Labute approximate surface area is 174 Å². The number of quaternary nitrogens is 1. The van der Waals surface area contributed by atoms with Crippen molar-refractivity contribution < 1.29 is 44.9 Å². The first-order valence-electron chi connectivity index (χ1n) is 8.33. The number of alkyl halides is 3. The van der Waals surface area contributed by atoms with Crippen molar-refractivity contribution in [2.45, 2.75) is 22.8 Å². The van der Waals surface area contributed by atoms with Crippen LogP contribution < -0.4 is 4.72 Å². The van der Waals surface area contributed by atoms with Gasteiger partial charge in [0.15, 0.2) is 5.76 Å². The number of esters is 2. The number of thiophene rings is 1. The highest BCUT2D eigenvalue weighted by Crippen LogP contribution is 2.30. The smallest absolute Gasteiger partial charge is 0.386 e. The van der Waals surface area contributed by atoms with Crippen LogP contribution in [-0.2, 0) is 24.3 Å².